The fourth-order valence-corrected chi connectivity index (χ4v) is 5.61. The molecule has 0 radical (unpaired) electrons. The molecule has 2 N–H and O–H groups in total. The van der Waals surface area contributed by atoms with Crippen LogP contribution in [0.1, 0.15) is 87.9 Å². The monoisotopic (exact) mass is 650 g/mol. The smallest absolute Gasteiger partial charge is 0.262 e. The lowest BCUT2D eigenvalue weighted by Crippen LogP contribution is -2.30. The Bertz CT molecular complexity index is 1640. The zero-order valence-corrected chi connectivity index (χ0v) is 28.3. The highest BCUT2D eigenvalue weighted by atomic mass is 35.5. The Morgan fingerprint density at radius 3 is 2.24 bits per heavy atom. The number of carbonyl (C=O) groups is 3. The van der Waals surface area contributed by atoms with E-state index in [0.29, 0.717) is 11.4 Å². The fourth-order valence-electron chi connectivity index (χ4n) is 4.85. The second-order valence-electron chi connectivity index (χ2n) is 12.6. The Labute approximate surface area is 275 Å². The zero-order valence-electron chi connectivity index (χ0n) is 26.8. The standard InChI is InChI=1S/C35H40Cl2N4O4/c1-8-34(4,5)23-13-14-28(25(18-23)35(6,7)9-2)45-20-30(42)38-24-12-10-11-22(17-24)33(44)39-29-19-31(43)41(40-29)32-26(36)15-21(3)16-27(32)37/h10-18H,8-9,19-20H2,1-7H3,(H,38,42)(H,39,40,44). The number of carbonyl (C=O) groups excluding carboxylic acids is 3. The maximum atomic E-state index is 13.0. The normalized spacial score (nSPS) is 13.5. The number of hydrogen-bond donors (Lipinski definition) is 2. The minimum absolute atomic E-state index is 0.0214. The van der Waals surface area contributed by atoms with E-state index in [1.54, 1.807) is 36.4 Å². The Kier molecular flexibility index (Phi) is 10.3. The van der Waals surface area contributed by atoms with Crippen LogP contribution in [0.2, 0.25) is 10.0 Å². The number of halogens is 2. The summed E-state index contributed by atoms with van der Waals surface area (Å²) in [6.07, 6.45) is 1.78. The third-order valence-corrected chi connectivity index (χ3v) is 9.01. The highest BCUT2D eigenvalue weighted by Crippen LogP contribution is 2.39. The lowest BCUT2D eigenvalue weighted by atomic mass is 9.76. The Balaban J connectivity index is 1.43. The van der Waals surface area contributed by atoms with Crippen molar-refractivity contribution in [2.45, 2.75) is 78.6 Å². The summed E-state index contributed by atoms with van der Waals surface area (Å²) in [6, 6.07) is 16.1. The van der Waals surface area contributed by atoms with Crippen LogP contribution in [0.3, 0.4) is 0 Å². The molecule has 3 amide bonds. The molecule has 0 spiro atoms. The van der Waals surface area contributed by atoms with Crippen LogP contribution in [0.15, 0.2) is 59.7 Å². The molecule has 0 fully saturated rings. The zero-order chi connectivity index (χ0) is 33.1. The van der Waals surface area contributed by atoms with Crippen LogP contribution in [0, 0.1) is 6.92 Å². The fraction of sp³-hybridized carbons (Fsp3) is 0.371. The molecule has 1 aliphatic rings. The summed E-state index contributed by atoms with van der Waals surface area (Å²) < 4.78 is 6.04. The van der Waals surface area contributed by atoms with Crippen molar-refractivity contribution in [3.8, 4) is 5.75 Å². The number of anilines is 2. The van der Waals surface area contributed by atoms with E-state index in [0.717, 1.165) is 29.0 Å². The van der Waals surface area contributed by atoms with Gasteiger partial charge in [0.2, 0.25) is 0 Å². The van der Waals surface area contributed by atoms with E-state index in [1.165, 1.54) is 5.56 Å². The molecule has 1 heterocycles. The molecule has 0 unspecified atom stereocenters. The van der Waals surface area contributed by atoms with E-state index < -0.39 is 5.91 Å². The van der Waals surface area contributed by atoms with Crippen LogP contribution in [0.4, 0.5) is 11.4 Å². The van der Waals surface area contributed by atoms with Crippen LogP contribution in [0.25, 0.3) is 0 Å². The molecular formula is C35H40Cl2N4O4. The Hall–Kier alpha value is -3.88. The average Bonchev–Trinajstić information content (AvgIpc) is 3.34. The molecule has 238 valence electrons. The number of hydrogen-bond acceptors (Lipinski definition) is 5. The molecule has 3 aromatic carbocycles. The van der Waals surface area contributed by atoms with Crippen molar-refractivity contribution in [1.82, 2.24) is 5.32 Å². The first-order valence-corrected chi connectivity index (χ1v) is 15.8. The van der Waals surface area contributed by atoms with Crippen LogP contribution in [-0.2, 0) is 20.4 Å². The molecule has 1 aliphatic heterocycles. The first kappa shape index (κ1) is 34.0. The number of hydrazone groups is 1. The number of aryl methyl sites for hydroxylation is 1. The van der Waals surface area contributed by atoms with Gasteiger partial charge in [-0.3, -0.25) is 14.4 Å². The third kappa shape index (κ3) is 7.86. The molecule has 10 heteroatoms. The molecule has 45 heavy (non-hydrogen) atoms. The average molecular weight is 652 g/mol. The Morgan fingerprint density at radius 2 is 1.60 bits per heavy atom. The molecule has 0 aliphatic carbocycles. The summed E-state index contributed by atoms with van der Waals surface area (Å²) in [6.45, 7) is 14.7. The van der Waals surface area contributed by atoms with Crippen molar-refractivity contribution in [1.29, 1.82) is 0 Å². The SMILES string of the molecule is CCC(C)(C)c1ccc(OCC(=O)Nc2cccc(C(=O)NC3=NN(c4c(Cl)cc(C)cc4Cl)C(=O)C3)c2)c(C(C)(C)CC)c1. The van der Waals surface area contributed by atoms with Gasteiger partial charge in [-0.2, -0.15) is 10.1 Å². The van der Waals surface area contributed by atoms with Gasteiger partial charge in [0.05, 0.1) is 16.5 Å². The molecule has 0 bridgehead atoms. The largest absolute Gasteiger partial charge is 0.483 e. The van der Waals surface area contributed by atoms with Gasteiger partial charge in [-0.25, -0.2) is 0 Å². The summed E-state index contributed by atoms with van der Waals surface area (Å²) in [5, 5.41) is 11.4. The number of nitrogens with one attached hydrogen (secondary N) is 2. The van der Waals surface area contributed by atoms with E-state index >= 15 is 0 Å². The van der Waals surface area contributed by atoms with E-state index in [1.807, 2.05) is 13.0 Å². The van der Waals surface area contributed by atoms with Gasteiger partial charge in [0, 0.05) is 16.8 Å². The highest BCUT2D eigenvalue weighted by molar-refractivity contribution is 6.40. The Morgan fingerprint density at radius 1 is 0.933 bits per heavy atom. The lowest BCUT2D eigenvalue weighted by Gasteiger charge is -2.30. The molecule has 4 rings (SSSR count). The van der Waals surface area contributed by atoms with E-state index in [9.17, 15) is 14.4 Å². The molecule has 0 saturated carbocycles. The summed E-state index contributed by atoms with van der Waals surface area (Å²) in [4.78, 5) is 38.6. The van der Waals surface area contributed by atoms with Gasteiger partial charge < -0.3 is 15.4 Å². The molecule has 0 atom stereocenters. The van der Waals surface area contributed by atoms with Crippen molar-refractivity contribution in [2.24, 2.45) is 5.10 Å². The second-order valence-corrected chi connectivity index (χ2v) is 13.4. The summed E-state index contributed by atoms with van der Waals surface area (Å²) >= 11 is 12.7. The number of benzene rings is 3. The predicted molar refractivity (Wildman–Crippen MR) is 182 cm³/mol. The van der Waals surface area contributed by atoms with Crippen molar-refractivity contribution in [2.75, 3.05) is 16.9 Å². The molecule has 3 aromatic rings. The van der Waals surface area contributed by atoms with Crippen molar-refractivity contribution >= 4 is 58.1 Å². The predicted octanol–water partition coefficient (Wildman–Crippen LogP) is 8.17. The van der Waals surface area contributed by atoms with E-state index in [4.69, 9.17) is 27.9 Å². The van der Waals surface area contributed by atoms with E-state index in [2.05, 4.69) is 69.4 Å². The van der Waals surface area contributed by atoms with Crippen molar-refractivity contribution in [3.05, 3.63) is 86.9 Å². The van der Waals surface area contributed by atoms with E-state index in [-0.39, 0.29) is 62.8 Å². The minimum atomic E-state index is -0.488. The van der Waals surface area contributed by atoms with Gasteiger partial charge in [0.1, 0.15) is 17.3 Å². The number of rotatable bonds is 10. The second kappa shape index (κ2) is 13.6. The molecular weight excluding hydrogens is 611 g/mol. The quantitative estimate of drug-likeness (QED) is 0.231. The number of nitrogens with zero attached hydrogens (tertiary/aromatic N) is 2. The maximum absolute atomic E-state index is 13.0. The van der Waals surface area contributed by atoms with Crippen molar-refractivity contribution < 1.29 is 19.1 Å². The molecule has 0 aromatic heterocycles. The maximum Gasteiger partial charge on any atom is 0.262 e. The molecule has 0 saturated heterocycles. The highest BCUT2D eigenvalue weighted by Gasteiger charge is 2.30. The van der Waals surface area contributed by atoms with Gasteiger partial charge >= 0.3 is 0 Å². The topological polar surface area (TPSA) is 100 Å². The van der Waals surface area contributed by atoms with Crippen LogP contribution >= 0.6 is 23.2 Å². The number of amides is 3. The van der Waals surface area contributed by atoms with Gasteiger partial charge in [0.25, 0.3) is 17.7 Å². The van der Waals surface area contributed by atoms with Gasteiger partial charge in [-0.15, -0.1) is 0 Å². The summed E-state index contributed by atoms with van der Waals surface area (Å²) in [5.74, 6) is -0.403. The third-order valence-electron chi connectivity index (χ3n) is 8.43. The number of amidine groups is 1. The summed E-state index contributed by atoms with van der Waals surface area (Å²) in [5.41, 5.74) is 3.98. The van der Waals surface area contributed by atoms with Crippen molar-refractivity contribution in [3.63, 3.8) is 0 Å². The van der Waals surface area contributed by atoms with Crippen LogP contribution in [-0.4, -0.2) is 30.2 Å². The first-order valence-electron chi connectivity index (χ1n) is 15.0. The molecule has 8 nitrogen and oxygen atoms in total. The van der Waals surface area contributed by atoms with Crippen LogP contribution < -0.4 is 20.4 Å². The van der Waals surface area contributed by atoms with Crippen LogP contribution in [0.5, 0.6) is 5.75 Å². The van der Waals surface area contributed by atoms with Gasteiger partial charge in [-0.1, -0.05) is 82.9 Å². The lowest BCUT2D eigenvalue weighted by molar-refractivity contribution is -0.118. The first-order chi connectivity index (χ1) is 21.1. The minimum Gasteiger partial charge on any atom is -0.483 e. The summed E-state index contributed by atoms with van der Waals surface area (Å²) in [7, 11) is 0. The number of ether oxygens (including phenoxy) is 1. The van der Waals surface area contributed by atoms with Gasteiger partial charge in [0.15, 0.2) is 6.61 Å². The van der Waals surface area contributed by atoms with Gasteiger partial charge in [-0.05, 0) is 78.1 Å².